The summed E-state index contributed by atoms with van der Waals surface area (Å²) in [6.07, 6.45) is 0. The van der Waals surface area contributed by atoms with Crippen molar-refractivity contribution < 1.29 is 0 Å². The quantitative estimate of drug-likeness (QED) is 0.257. The van der Waals surface area contributed by atoms with Crippen LogP contribution in [0.5, 0.6) is 0 Å². The van der Waals surface area contributed by atoms with Crippen LogP contribution in [-0.2, 0) is 1.43 Å². The standard InChI is InChI=1S/C13H6Br2I2/c14-7-1-3-9-10-4-2-8(15)6-12(10)13(16,17)11(9)5-7/h1-6H. The highest BCUT2D eigenvalue weighted by atomic mass is 127. The number of hydrogen-bond donors (Lipinski definition) is 0. The monoisotopic (exact) mass is 574 g/mol. The fourth-order valence-electron chi connectivity index (χ4n) is 2.17. The van der Waals surface area contributed by atoms with Gasteiger partial charge in [-0.3, -0.25) is 0 Å². The van der Waals surface area contributed by atoms with Gasteiger partial charge in [-0.25, -0.2) is 0 Å². The van der Waals surface area contributed by atoms with Crippen LogP contribution in [0.4, 0.5) is 0 Å². The molecule has 0 N–H and O–H groups in total. The second kappa shape index (κ2) is 4.45. The van der Waals surface area contributed by atoms with E-state index in [0.29, 0.717) is 0 Å². The van der Waals surface area contributed by atoms with E-state index < -0.39 is 0 Å². The second-order valence-electron chi connectivity index (χ2n) is 3.95. The molecular formula is C13H6Br2I2. The van der Waals surface area contributed by atoms with E-state index in [1.807, 2.05) is 0 Å². The smallest absolute Gasteiger partial charge is 0.0565 e. The first-order valence-corrected chi connectivity index (χ1v) is 8.73. The minimum atomic E-state index is 0.0216. The Balaban J connectivity index is 2.37. The lowest BCUT2D eigenvalue weighted by atomic mass is 10.1. The summed E-state index contributed by atoms with van der Waals surface area (Å²) < 4.78 is 2.30. The minimum absolute atomic E-state index is 0.0216. The van der Waals surface area contributed by atoms with Crippen LogP contribution in [0.1, 0.15) is 11.1 Å². The Kier molecular flexibility index (Phi) is 3.37. The van der Waals surface area contributed by atoms with Crippen LogP contribution in [0.3, 0.4) is 0 Å². The normalized spacial score (nSPS) is 15.5. The van der Waals surface area contributed by atoms with Gasteiger partial charge in [-0.05, 0) is 46.5 Å². The van der Waals surface area contributed by atoms with Crippen LogP contribution in [-0.4, -0.2) is 0 Å². The van der Waals surface area contributed by atoms with Crippen molar-refractivity contribution in [2.24, 2.45) is 0 Å². The maximum Gasteiger partial charge on any atom is 0.124 e. The van der Waals surface area contributed by atoms with Gasteiger partial charge in [0.15, 0.2) is 0 Å². The zero-order valence-corrected chi connectivity index (χ0v) is 16.0. The van der Waals surface area contributed by atoms with Crippen molar-refractivity contribution in [3.05, 3.63) is 56.5 Å². The van der Waals surface area contributed by atoms with E-state index in [2.05, 4.69) is 113 Å². The van der Waals surface area contributed by atoms with Crippen molar-refractivity contribution in [3.63, 3.8) is 0 Å². The Morgan fingerprint density at radius 3 is 1.59 bits per heavy atom. The van der Waals surface area contributed by atoms with E-state index in [-0.39, 0.29) is 1.43 Å². The highest BCUT2D eigenvalue weighted by Gasteiger charge is 2.38. The zero-order valence-electron chi connectivity index (χ0n) is 8.48. The fourth-order valence-corrected chi connectivity index (χ4v) is 4.67. The van der Waals surface area contributed by atoms with E-state index in [9.17, 15) is 0 Å². The summed E-state index contributed by atoms with van der Waals surface area (Å²) in [5.41, 5.74) is 5.45. The molecule has 0 fully saturated rings. The Labute approximate surface area is 144 Å². The molecule has 1 aliphatic carbocycles. The highest BCUT2D eigenvalue weighted by Crippen LogP contribution is 2.57. The number of fused-ring (bicyclic) bond motifs is 3. The molecule has 0 atom stereocenters. The van der Waals surface area contributed by atoms with Crippen molar-refractivity contribution in [2.75, 3.05) is 0 Å². The van der Waals surface area contributed by atoms with E-state index in [0.717, 1.165) is 8.95 Å². The molecule has 0 nitrogen and oxygen atoms in total. The van der Waals surface area contributed by atoms with Gasteiger partial charge in [0.2, 0.25) is 0 Å². The molecule has 0 spiro atoms. The number of benzene rings is 2. The SMILES string of the molecule is Brc1ccc2c(c1)C(I)(I)c1cc(Br)ccc1-2. The maximum absolute atomic E-state index is 3.56. The first-order chi connectivity index (χ1) is 8.00. The lowest BCUT2D eigenvalue weighted by Crippen LogP contribution is -2.05. The Bertz CT molecular complexity index is 567. The molecule has 0 unspecified atom stereocenters. The van der Waals surface area contributed by atoms with Crippen molar-refractivity contribution in [2.45, 2.75) is 1.43 Å². The van der Waals surface area contributed by atoms with Gasteiger partial charge < -0.3 is 0 Å². The average Bonchev–Trinajstić information content (AvgIpc) is 2.49. The third-order valence-electron chi connectivity index (χ3n) is 2.93. The molecule has 17 heavy (non-hydrogen) atoms. The topological polar surface area (TPSA) is 0 Å². The molecule has 0 saturated heterocycles. The molecule has 0 saturated carbocycles. The van der Waals surface area contributed by atoms with Crippen LogP contribution in [0.25, 0.3) is 11.1 Å². The van der Waals surface area contributed by atoms with E-state index >= 15 is 0 Å². The van der Waals surface area contributed by atoms with Crippen LogP contribution in [0, 0.1) is 0 Å². The molecular weight excluding hydrogens is 570 g/mol. The summed E-state index contributed by atoms with van der Waals surface area (Å²) in [5, 5.41) is 0. The fraction of sp³-hybridized carbons (Fsp3) is 0.0769. The van der Waals surface area contributed by atoms with Gasteiger partial charge in [0.1, 0.15) is 1.43 Å². The van der Waals surface area contributed by atoms with E-state index in [1.54, 1.807) is 0 Å². The number of hydrogen-bond acceptors (Lipinski definition) is 0. The molecule has 4 heteroatoms. The molecule has 0 heterocycles. The van der Waals surface area contributed by atoms with Gasteiger partial charge in [0, 0.05) is 8.95 Å². The molecule has 0 aliphatic heterocycles. The van der Waals surface area contributed by atoms with Crippen molar-refractivity contribution in [1.82, 2.24) is 0 Å². The van der Waals surface area contributed by atoms with Crippen molar-refractivity contribution in [3.8, 4) is 11.1 Å². The Hall–Kier alpha value is 0.860. The predicted octanol–water partition coefficient (Wildman–Crippen LogP) is 6.26. The molecule has 3 rings (SSSR count). The molecule has 0 bridgehead atoms. The number of rotatable bonds is 0. The van der Waals surface area contributed by atoms with Crippen molar-refractivity contribution >= 4 is 77.0 Å². The zero-order chi connectivity index (χ0) is 12.2. The summed E-state index contributed by atoms with van der Waals surface area (Å²) in [5.74, 6) is 0. The largest absolute Gasteiger partial charge is 0.124 e. The first kappa shape index (κ1) is 12.9. The molecule has 0 aromatic heterocycles. The predicted molar refractivity (Wildman–Crippen MR) is 96.1 cm³/mol. The highest BCUT2D eigenvalue weighted by molar-refractivity contribution is 14.2. The summed E-state index contributed by atoms with van der Waals surface area (Å²) in [6.45, 7) is 0. The lowest BCUT2D eigenvalue weighted by Gasteiger charge is -2.17. The summed E-state index contributed by atoms with van der Waals surface area (Å²) >= 11 is 12.2. The average molecular weight is 576 g/mol. The van der Waals surface area contributed by atoms with Gasteiger partial charge in [-0.15, -0.1) is 0 Å². The molecule has 0 radical (unpaired) electrons. The lowest BCUT2D eigenvalue weighted by molar-refractivity contribution is 1.22. The Morgan fingerprint density at radius 2 is 1.18 bits per heavy atom. The van der Waals surface area contributed by atoms with Crippen LogP contribution in [0.2, 0.25) is 0 Å². The van der Waals surface area contributed by atoms with Gasteiger partial charge in [0.25, 0.3) is 0 Å². The summed E-state index contributed by atoms with van der Waals surface area (Å²) in [6, 6.07) is 13.1. The maximum atomic E-state index is 3.56. The van der Waals surface area contributed by atoms with E-state index in [1.165, 1.54) is 22.3 Å². The van der Waals surface area contributed by atoms with Crippen LogP contribution >= 0.6 is 77.0 Å². The number of alkyl halides is 2. The molecule has 2 aromatic carbocycles. The summed E-state index contributed by atoms with van der Waals surface area (Å²) in [7, 11) is 0. The van der Waals surface area contributed by atoms with Crippen LogP contribution < -0.4 is 0 Å². The van der Waals surface area contributed by atoms with Gasteiger partial charge in [-0.1, -0.05) is 89.2 Å². The third kappa shape index (κ3) is 2.03. The number of halogens is 4. The van der Waals surface area contributed by atoms with Gasteiger partial charge >= 0.3 is 0 Å². The molecule has 1 aliphatic rings. The molecule has 86 valence electrons. The minimum Gasteiger partial charge on any atom is -0.0565 e. The first-order valence-electron chi connectivity index (χ1n) is 4.98. The molecule has 0 amide bonds. The van der Waals surface area contributed by atoms with Crippen LogP contribution in [0.15, 0.2) is 45.3 Å². The Morgan fingerprint density at radius 1 is 0.765 bits per heavy atom. The van der Waals surface area contributed by atoms with Gasteiger partial charge in [0.05, 0.1) is 0 Å². The van der Waals surface area contributed by atoms with Crippen molar-refractivity contribution in [1.29, 1.82) is 0 Å². The third-order valence-corrected chi connectivity index (χ3v) is 6.24. The van der Waals surface area contributed by atoms with Gasteiger partial charge in [-0.2, -0.15) is 0 Å². The molecule has 2 aromatic rings. The summed E-state index contributed by atoms with van der Waals surface area (Å²) in [4.78, 5) is 0. The van der Waals surface area contributed by atoms with E-state index in [4.69, 9.17) is 0 Å². The second-order valence-corrected chi connectivity index (χ2v) is 11.1.